The van der Waals surface area contributed by atoms with E-state index in [-0.39, 0.29) is 5.92 Å². The zero-order valence-electron chi connectivity index (χ0n) is 13.3. The third-order valence-corrected chi connectivity index (χ3v) is 3.80. The van der Waals surface area contributed by atoms with Crippen LogP contribution in [0.4, 0.5) is 5.82 Å². The van der Waals surface area contributed by atoms with E-state index in [0.717, 1.165) is 5.39 Å². The van der Waals surface area contributed by atoms with E-state index in [1.165, 1.54) is 0 Å². The molecule has 0 aliphatic carbocycles. The number of nitrogens with one attached hydrogen (secondary N) is 1. The van der Waals surface area contributed by atoms with Crippen LogP contribution in [0.1, 0.15) is 26.6 Å². The van der Waals surface area contributed by atoms with Gasteiger partial charge in [-0.1, -0.05) is 32.9 Å². The predicted molar refractivity (Wildman–Crippen MR) is 85.9 cm³/mol. The number of rotatable bonds is 5. The molecule has 0 fully saturated rings. The summed E-state index contributed by atoms with van der Waals surface area (Å²) in [5.74, 6) is -0.293. The minimum absolute atomic E-state index is 0.153. The summed E-state index contributed by atoms with van der Waals surface area (Å²) >= 11 is 0. The highest BCUT2D eigenvalue weighted by Gasteiger charge is 2.20. The Morgan fingerprint density at radius 1 is 1.30 bits per heavy atom. The maximum absolute atomic E-state index is 11.4. The van der Waals surface area contributed by atoms with Crippen molar-refractivity contribution in [2.24, 2.45) is 5.92 Å². The molecule has 1 atom stereocenters. The summed E-state index contributed by atoms with van der Waals surface area (Å²) in [4.78, 5) is 20.3. The van der Waals surface area contributed by atoms with Crippen molar-refractivity contribution >= 4 is 33.9 Å². The van der Waals surface area contributed by atoms with Crippen molar-refractivity contribution in [1.82, 2.24) is 9.97 Å². The van der Waals surface area contributed by atoms with Crippen LogP contribution in [0.2, 0.25) is 0 Å². The highest BCUT2D eigenvalue weighted by atomic mass is 16.4. The van der Waals surface area contributed by atoms with Gasteiger partial charge in [-0.15, -0.1) is 0 Å². The molecule has 0 saturated carbocycles. The number of fused-ring (bicyclic) bond motifs is 3. The van der Waals surface area contributed by atoms with Gasteiger partial charge in [-0.05, 0) is 18.1 Å². The lowest BCUT2D eigenvalue weighted by molar-refractivity contribution is -0.307. The van der Waals surface area contributed by atoms with E-state index in [9.17, 15) is 9.90 Å². The molecule has 0 saturated heterocycles. The number of hydrogen-bond acceptors (Lipinski definition) is 6. The van der Waals surface area contributed by atoms with Gasteiger partial charge in [0.2, 0.25) is 0 Å². The van der Waals surface area contributed by atoms with Crippen LogP contribution in [0.25, 0.3) is 22.1 Å². The average molecular weight is 312 g/mol. The number of hydrogen-bond donors (Lipinski definition) is 1. The van der Waals surface area contributed by atoms with Gasteiger partial charge >= 0.3 is 0 Å². The van der Waals surface area contributed by atoms with Gasteiger partial charge in [0.25, 0.3) is 0 Å². The fourth-order valence-corrected chi connectivity index (χ4v) is 2.54. The van der Waals surface area contributed by atoms with Crippen LogP contribution in [0.15, 0.2) is 28.7 Å². The largest absolute Gasteiger partial charge is 0.548 e. The second-order valence-electron chi connectivity index (χ2n) is 5.80. The van der Waals surface area contributed by atoms with Crippen molar-refractivity contribution < 1.29 is 14.3 Å². The lowest BCUT2D eigenvalue weighted by atomic mass is 10.0. The second-order valence-corrected chi connectivity index (χ2v) is 5.80. The molecule has 0 aliphatic rings. The average Bonchev–Trinajstić information content (AvgIpc) is 2.90. The number of carboxylic acids is 1. The number of aromatic nitrogens is 2. The maximum Gasteiger partial charge on any atom is 0.196 e. The van der Waals surface area contributed by atoms with E-state index in [4.69, 9.17) is 4.42 Å². The summed E-state index contributed by atoms with van der Waals surface area (Å²) in [5.41, 5.74) is 1.86. The quantitative estimate of drug-likeness (QED) is 0.776. The van der Waals surface area contributed by atoms with Crippen LogP contribution in [-0.4, -0.2) is 22.0 Å². The van der Waals surface area contributed by atoms with E-state index < -0.39 is 12.0 Å². The van der Waals surface area contributed by atoms with E-state index >= 15 is 0 Å². The van der Waals surface area contributed by atoms with Gasteiger partial charge in [-0.2, -0.15) is 0 Å². The Labute approximate surface area is 133 Å². The van der Waals surface area contributed by atoms with Gasteiger partial charge in [-0.25, -0.2) is 9.97 Å². The molecule has 0 amide bonds. The second kappa shape index (κ2) is 5.87. The van der Waals surface area contributed by atoms with E-state index in [1.807, 2.05) is 45.0 Å². The Bertz CT molecular complexity index is 870. The zero-order valence-corrected chi connectivity index (χ0v) is 13.3. The molecular formula is C17H18N3O3-. The van der Waals surface area contributed by atoms with Gasteiger partial charge in [0.15, 0.2) is 11.4 Å². The number of anilines is 1. The zero-order chi connectivity index (χ0) is 16.6. The van der Waals surface area contributed by atoms with E-state index in [0.29, 0.717) is 34.7 Å². The topological polar surface area (TPSA) is 91.1 Å². The van der Waals surface area contributed by atoms with Gasteiger partial charge in [-0.3, -0.25) is 0 Å². The van der Waals surface area contributed by atoms with Gasteiger partial charge in [0.05, 0.1) is 12.0 Å². The number of aliphatic carboxylic acids is 1. The minimum atomic E-state index is -1.17. The minimum Gasteiger partial charge on any atom is -0.548 e. The molecule has 0 aliphatic heterocycles. The highest BCUT2D eigenvalue weighted by molar-refractivity contribution is 6.05. The number of furan rings is 1. The summed E-state index contributed by atoms with van der Waals surface area (Å²) in [6.45, 7) is 5.57. The van der Waals surface area contributed by atoms with Crippen LogP contribution in [0, 0.1) is 5.92 Å². The molecular weight excluding hydrogens is 294 g/mol. The van der Waals surface area contributed by atoms with Crippen molar-refractivity contribution in [3.05, 3.63) is 30.1 Å². The van der Waals surface area contributed by atoms with E-state index in [1.54, 1.807) is 0 Å². The Hall–Kier alpha value is -2.63. The van der Waals surface area contributed by atoms with Crippen molar-refractivity contribution in [1.29, 1.82) is 0 Å². The molecule has 120 valence electrons. The van der Waals surface area contributed by atoms with Crippen molar-refractivity contribution in [2.75, 3.05) is 5.32 Å². The summed E-state index contributed by atoms with van der Waals surface area (Å²) in [7, 11) is 0. The van der Waals surface area contributed by atoms with Gasteiger partial charge in [0, 0.05) is 11.8 Å². The summed E-state index contributed by atoms with van der Waals surface area (Å²) in [6.07, 6.45) is 0.641. The first-order valence-corrected chi connectivity index (χ1v) is 7.66. The maximum atomic E-state index is 11.4. The molecule has 3 rings (SSSR count). The molecule has 0 radical (unpaired) electrons. The number of benzene rings is 1. The van der Waals surface area contributed by atoms with Crippen LogP contribution >= 0.6 is 0 Å². The Morgan fingerprint density at radius 3 is 2.70 bits per heavy atom. The summed E-state index contributed by atoms with van der Waals surface area (Å²) in [5, 5.41) is 15.2. The molecule has 0 unspecified atom stereocenters. The van der Waals surface area contributed by atoms with Crippen molar-refractivity contribution in [3.63, 3.8) is 0 Å². The number of carbonyl (C=O) groups excluding carboxylic acids is 1. The summed E-state index contributed by atoms with van der Waals surface area (Å²) in [6, 6.07) is 6.72. The fraction of sp³-hybridized carbons (Fsp3) is 0.353. The number of carboxylic acid groups (broad SMARTS) is 1. The van der Waals surface area contributed by atoms with Gasteiger partial charge < -0.3 is 19.6 Å². The molecule has 2 heterocycles. The number of nitrogens with zero attached hydrogens (tertiary/aromatic N) is 2. The monoisotopic (exact) mass is 312 g/mol. The van der Waals surface area contributed by atoms with Crippen LogP contribution in [0.3, 0.4) is 0 Å². The lowest BCUT2D eigenvalue weighted by Crippen LogP contribution is -2.44. The molecule has 0 spiro atoms. The third kappa shape index (κ3) is 2.72. The van der Waals surface area contributed by atoms with Gasteiger partial charge in [0.1, 0.15) is 16.9 Å². The Morgan fingerprint density at radius 2 is 2.04 bits per heavy atom. The molecule has 1 aromatic carbocycles. The molecule has 0 bridgehead atoms. The highest BCUT2D eigenvalue weighted by Crippen LogP contribution is 2.31. The van der Waals surface area contributed by atoms with Crippen LogP contribution < -0.4 is 10.4 Å². The molecule has 23 heavy (non-hydrogen) atoms. The summed E-state index contributed by atoms with van der Waals surface area (Å²) < 4.78 is 5.84. The first kappa shape index (κ1) is 15.3. The van der Waals surface area contributed by atoms with Crippen molar-refractivity contribution in [2.45, 2.75) is 33.2 Å². The first-order chi connectivity index (χ1) is 11.0. The third-order valence-electron chi connectivity index (χ3n) is 3.80. The molecule has 6 heteroatoms. The predicted octanol–water partition coefficient (Wildman–Crippen LogP) is 2.12. The Kier molecular flexibility index (Phi) is 3.90. The SMILES string of the molecule is CCc1nc(N[C@H](C(=O)[O-])C(C)C)c2oc3ccccc3c2n1. The standard InChI is InChI=1S/C17H19N3O3/c1-4-12-18-14-10-7-5-6-8-11(10)23-15(14)16(19-12)20-13(9(2)3)17(21)22/h5-9,13H,4H2,1-3H3,(H,21,22)(H,18,19,20)/p-1/t13-/m0/s1. The Balaban J connectivity index is 2.20. The fourth-order valence-electron chi connectivity index (χ4n) is 2.54. The molecule has 6 nitrogen and oxygen atoms in total. The first-order valence-electron chi connectivity index (χ1n) is 7.66. The molecule has 1 N–H and O–H groups in total. The molecule has 3 aromatic rings. The normalized spacial score (nSPS) is 12.9. The molecule has 2 aromatic heterocycles. The van der Waals surface area contributed by atoms with Crippen molar-refractivity contribution in [3.8, 4) is 0 Å². The smallest absolute Gasteiger partial charge is 0.196 e. The number of para-hydroxylation sites is 1. The van der Waals surface area contributed by atoms with Crippen LogP contribution in [-0.2, 0) is 11.2 Å². The lowest BCUT2D eigenvalue weighted by Gasteiger charge is -2.23. The number of aryl methyl sites for hydroxylation is 1. The van der Waals surface area contributed by atoms with E-state index in [2.05, 4.69) is 15.3 Å². The number of carbonyl (C=O) groups is 1. The van der Waals surface area contributed by atoms with Crippen LogP contribution in [0.5, 0.6) is 0 Å².